The van der Waals surface area contributed by atoms with Gasteiger partial charge in [-0.15, -0.1) is 0 Å². The Morgan fingerprint density at radius 1 is 1.56 bits per heavy atom. The summed E-state index contributed by atoms with van der Waals surface area (Å²) in [7, 11) is -3.29. The maximum Gasteiger partial charge on any atom is 0.336 e. The fraction of sp³-hybridized carbons (Fsp3) is 0.455. The summed E-state index contributed by atoms with van der Waals surface area (Å²) in [5, 5.41) is 9.09. The monoisotopic (exact) mass is 270 g/mol. The van der Waals surface area contributed by atoms with Crippen molar-refractivity contribution >= 4 is 16.0 Å². The van der Waals surface area contributed by atoms with E-state index in [2.05, 4.69) is 4.98 Å². The van der Waals surface area contributed by atoms with Crippen LogP contribution in [0, 0.1) is 0 Å². The van der Waals surface area contributed by atoms with E-state index >= 15 is 0 Å². The molecule has 0 amide bonds. The summed E-state index contributed by atoms with van der Waals surface area (Å²) in [6, 6.07) is 1.41. The van der Waals surface area contributed by atoms with Crippen molar-refractivity contribution in [2.24, 2.45) is 0 Å². The predicted octanol–water partition coefficient (Wildman–Crippen LogP) is 0.488. The number of carboxylic acids is 1. The van der Waals surface area contributed by atoms with E-state index in [0.717, 1.165) is 0 Å². The first-order valence-electron chi connectivity index (χ1n) is 5.63. The van der Waals surface area contributed by atoms with Gasteiger partial charge < -0.3 is 5.11 Å². The Kier molecular flexibility index (Phi) is 3.36. The van der Waals surface area contributed by atoms with Gasteiger partial charge in [0, 0.05) is 37.0 Å². The number of aromatic carboxylic acids is 1. The molecule has 0 saturated heterocycles. The van der Waals surface area contributed by atoms with Gasteiger partial charge >= 0.3 is 5.97 Å². The van der Waals surface area contributed by atoms with E-state index in [0.29, 0.717) is 24.2 Å². The van der Waals surface area contributed by atoms with Crippen LogP contribution in [0.5, 0.6) is 0 Å². The molecule has 98 valence electrons. The number of sulfonamides is 1. The molecule has 0 bridgehead atoms. The van der Waals surface area contributed by atoms with Crippen LogP contribution in [-0.4, -0.2) is 41.1 Å². The maximum atomic E-state index is 11.8. The highest BCUT2D eigenvalue weighted by Crippen LogP contribution is 2.23. The topological polar surface area (TPSA) is 87.6 Å². The summed E-state index contributed by atoms with van der Waals surface area (Å²) in [6.45, 7) is 2.03. The molecule has 2 rings (SSSR count). The molecule has 2 heterocycles. The molecular weight excluding hydrogens is 256 g/mol. The van der Waals surface area contributed by atoms with Crippen molar-refractivity contribution in [2.45, 2.75) is 19.9 Å². The molecule has 0 unspecified atom stereocenters. The third-order valence-electron chi connectivity index (χ3n) is 3.07. The number of rotatable bonds is 3. The highest BCUT2D eigenvalue weighted by molar-refractivity contribution is 7.89. The Balaban J connectivity index is 2.42. The lowest BCUT2D eigenvalue weighted by molar-refractivity contribution is 0.0694. The minimum atomic E-state index is -3.29. The first-order chi connectivity index (χ1) is 8.45. The number of hydrogen-bond donors (Lipinski definition) is 1. The number of pyridine rings is 1. The molecule has 18 heavy (non-hydrogen) atoms. The zero-order valence-corrected chi connectivity index (χ0v) is 10.8. The molecule has 0 fully saturated rings. The van der Waals surface area contributed by atoms with Crippen LogP contribution in [0.4, 0.5) is 0 Å². The molecule has 1 aromatic rings. The molecule has 1 aromatic heterocycles. The molecule has 1 aliphatic heterocycles. The number of aromatic nitrogens is 1. The summed E-state index contributed by atoms with van der Waals surface area (Å²) in [6.07, 6.45) is 1.90. The van der Waals surface area contributed by atoms with Gasteiger partial charge in [0.05, 0.1) is 11.3 Å². The fourth-order valence-corrected chi connectivity index (χ4v) is 3.09. The Morgan fingerprint density at radius 2 is 2.28 bits per heavy atom. The van der Waals surface area contributed by atoms with Crippen LogP contribution >= 0.6 is 0 Å². The van der Waals surface area contributed by atoms with Crippen molar-refractivity contribution in [3.05, 3.63) is 29.1 Å². The number of nitrogens with zero attached hydrogens (tertiary/aromatic N) is 2. The van der Waals surface area contributed by atoms with Crippen LogP contribution in [-0.2, 0) is 23.0 Å². The second-order valence-corrected chi connectivity index (χ2v) is 6.33. The lowest BCUT2D eigenvalue weighted by Gasteiger charge is -2.27. The number of fused-ring (bicyclic) bond motifs is 1. The van der Waals surface area contributed by atoms with Crippen molar-refractivity contribution in [1.29, 1.82) is 0 Å². The third kappa shape index (κ3) is 2.23. The molecule has 0 radical (unpaired) electrons. The second kappa shape index (κ2) is 4.66. The van der Waals surface area contributed by atoms with Crippen molar-refractivity contribution in [2.75, 3.05) is 12.3 Å². The lowest BCUT2D eigenvalue weighted by atomic mass is 10.0. The normalized spacial score (nSPS) is 16.3. The van der Waals surface area contributed by atoms with Crippen LogP contribution in [0.25, 0.3) is 0 Å². The first kappa shape index (κ1) is 13.0. The average molecular weight is 270 g/mol. The molecule has 6 nitrogen and oxygen atoms in total. The molecule has 0 aliphatic carbocycles. The molecular formula is C11H14N2O4S. The standard InChI is InChI=1S/C11H14N2O4S/c1-2-18(16,17)13-6-4-10-9(7-13)8(11(14)15)3-5-12-10/h3,5H,2,4,6-7H2,1H3,(H,14,15). The third-order valence-corrected chi connectivity index (χ3v) is 4.89. The Labute approximate surface area is 105 Å². The Hall–Kier alpha value is -1.47. The Bertz CT molecular complexity index is 583. The van der Waals surface area contributed by atoms with Gasteiger partial charge in [0.15, 0.2) is 0 Å². The van der Waals surface area contributed by atoms with Crippen molar-refractivity contribution in [3.8, 4) is 0 Å². The van der Waals surface area contributed by atoms with E-state index in [1.165, 1.54) is 16.6 Å². The fourth-order valence-electron chi connectivity index (χ4n) is 2.03. The summed E-state index contributed by atoms with van der Waals surface area (Å²) in [4.78, 5) is 15.2. The van der Waals surface area contributed by atoms with E-state index < -0.39 is 16.0 Å². The summed E-state index contributed by atoms with van der Waals surface area (Å²) >= 11 is 0. The van der Waals surface area contributed by atoms with Crippen LogP contribution in [0.1, 0.15) is 28.5 Å². The van der Waals surface area contributed by atoms with Gasteiger partial charge in [-0.25, -0.2) is 13.2 Å². The first-order valence-corrected chi connectivity index (χ1v) is 7.24. The minimum absolute atomic E-state index is 0.0188. The van der Waals surface area contributed by atoms with E-state index in [4.69, 9.17) is 5.11 Å². The maximum absolute atomic E-state index is 11.8. The van der Waals surface area contributed by atoms with E-state index in [9.17, 15) is 13.2 Å². The SMILES string of the molecule is CCS(=O)(=O)N1CCc2nccc(C(=O)O)c2C1. The zero-order valence-electron chi connectivity index (χ0n) is 9.96. The largest absolute Gasteiger partial charge is 0.478 e. The summed E-state index contributed by atoms with van der Waals surface area (Å²) < 4.78 is 24.9. The second-order valence-electron chi connectivity index (χ2n) is 4.07. The van der Waals surface area contributed by atoms with E-state index in [1.807, 2.05) is 0 Å². The van der Waals surface area contributed by atoms with E-state index in [1.54, 1.807) is 6.92 Å². The van der Waals surface area contributed by atoms with Crippen LogP contribution in [0.3, 0.4) is 0 Å². The van der Waals surface area contributed by atoms with Crippen LogP contribution in [0.2, 0.25) is 0 Å². The smallest absolute Gasteiger partial charge is 0.336 e. The van der Waals surface area contributed by atoms with Crippen molar-refractivity contribution in [3.63, 3.8) is 0 Å². The number of carboxylic acid groups (broad SMARTS) is 1. The molecule has 7 heteroatoms. The molecule has 0 spiro atoms. The van der Waals surface area contributed by atoms with Crippen LogP contribution in [0.15, 0.2) is 12.3 Å². The molecule has 0 aromatic carbocycles. The highest BCUT2D eigenvalue weighted by Gasteiger charge is 2.28. The van der Waals surface area contributed by atoms with E-state index in [-0.39, 0.29) is 17.9 Å². The predicted molar refractivity (Wildman–Crippen MR) is 64.8 cm³/mol. The van der Waals surface area contributed by atoms with Gasteiger partial charge in [0.1, 0.15) is 0 Å². The molecule has 1 aliphatic rings. The van der Waals surface area contributed by atoms with Gasteiger partial charge in [-0.2, -0.15) is 4.31 Å². The van der Waals surface area contributed by atoms with Gasteiger partial charge in [0.25, 0.3) is 0 Å². The number of hydrogen-bond acceptors (Lipinski definition) is 4. The van der Waals surface area contributed by atoms with Gasteiger partial charge in [-0.1, -0.05) is 0 Å². The summed E-state index contributed by atoms with van der Waals surface area (Å²) in [5.74, 6) is -1.03. The molecule has 0 saturated carbocycles. The molecule has 1 N–H and O–H groups in total. The Morgan fingerprint density at radius 3 is 2.89 bits per heavy atom. The van der Waals surface area contributed by atoms with Gasteiger partial charge in [-0.05, 0) is 13.0 Å². The van der Waals surface area contributed by atoms with Crippen molar-refractivity contribution < 1.29 is 18.3 Å². The van der Waals surface area contributed by atoms with Gasteiger partial charge in [-0.3, -0.25) is 4.98 Å². The average Bonchev–Trinajstić information content (AvgIpc) is 2.37. The summed E-state index contributed by atoms with van der Waals surface area (Å²) in [5.41, 5.74) is 1.32. The minimum Gasteiger partial charge on any atom is -0.478 e. The highest BCUT2D eigenvalue weighted by atomic mass is 32.2. The van der Waals surface area contributed by atoms with Crippen LogP contribution < -0.4 is 0 Å². The zero-order chi connectivity index (χ0) is 13.3. The van der Waals surface area contributed by atoms with Crippen molar-refractivity contribution in [1.82, 2.24) is 9.29 Å². The number of carbonyl (C=O) groups is 1. The lowest BCUT2D eigenvalue weighted by Crippen LogP contribution is -2.38. The molecule has 0 atom stereocenters. The quantitative estimate of drug-likeness (QED) is 0.863. The van der Waals surface area contributed by atoms with Gasteiger partial charge in [0.2, 0.25) is 10.0 Å².